The number of rotatable bonds is 3. The molecule has 0 N–H and O–H groups in total. The van der Waals surface area contributed by atoms with Crippen molar-refractivity contribution in [2.75, 3.05) is 0 Å². The van der Waals surface area contributed by atoms with Crippen molar-refractivity contribution in [2.45, 2.75) is 51.0 Å². The van der Waals surface area contributed by atoms with Crippen molar-refractivity contribution in [1.82, 2.24) is 0 Å². The molecular formula is C12H21IS2. The summed E-state index contributed by atoms with van der Waals surface area (Å²) in [6.07, 6.45) is 4.31. The molecular weight excluding hydrogens is 335 g/mol. The number of thioether (sulfide) groups is 2. The highest BCUT2D eigenvalue weighted by atomic mass is 127. The molecule has 0 rings (SSSR count). The zero-order valence-corrected chi connectivity index (χ0v) is 14.2. The van der Waals surface area contributed by atoms with E-state index in [0.717, 1.165) is 0 Å². The topological polar surface area (TPSA) is 0 Å². The van der Waals surface area contributed by atoms with Gasteiger partial charge in [-0.1, -0.05) is 47.6 Å². The molecule has 0 aliphatic rings. The molecule has 0 spiro atoms. The largest absolute Gasteiger partial charge is 0.128 e. The first-order valence-electron chi connectivity index (χ1n) is 4.99. The Hall–Kier alpha value is 0.910. The molecule has 0 saturated carbocycles. The van der Waals surface area contributed by atoms with Crippen LogP contribution in [0.4, 0.5) is 0 Å². The van der Waals surface area contributed by atoms with Gasteiger partial charge in [0.1, 0.15) is 0 Å². The molecule has 15 heavy (non-hydrogen) atoms. The first-order valence-corrected chi connectivity index (χ1v) is 7.77. The van der Waals surface area contributed by atoms with E-state index in [0.29, 0.717) is 9.49 Å². The van der Waals surface area contributed by atoms with Gasteiger partial charge in [0, 0.05) is 12.4 Å². The third kappa shape index (κ3) is 12.8. The third-order valence-electron chi connectivity index (χ3n) is 1.13. The molecule has 0 unspecified atom stereocenters. The average molecular weight is 356 g/mol. The van der Waals surface area contributed by atoms with E-state index in [1.165, 1.54) is 2.91 Å². The summed E-state index contributed by atoms with van der Waals surface area (Å²) in [5, 5.41) is 2.17. The molecule has 0 aromatic heterocycles. The van der Waals surface area contributed by atoms with Gasteiger partial charge in [-0.15, -0.1) is 23.5 Å². The Morgan fingerprint density at radius 3 is 1.93 bits per heavy atom. The quantitative estimate of drug-likeness (QED) is 0.460. The van der Waals surface area contributed by atoms with E-state index >= 15 is 0 Å². The number of allylic oxidation sites excluding steroid dienone is 2. The summed E-state index contributed by atoms with van der Waals surface area (Å²) in [6.45, 7) is 13.4. The maximum absolute atomic E-state index is 2.39. The van der Waals surface area contributed by atoms with Crippen LogP contribution >= 0.6 is 46.1 Å². The zero-order chi connectivity index (χ0) is 12.1. The van der Waals surface area contributed by atoms with Crippen LogP contribution in [0, 0.1) is 0 Å². The monoisotopic (exact) mass is 356 g/mol. The lowest BCUT2D eigenvalue weighted by Crippen LogP contribution is -2.05. The maximum Gasteiger partial charge on any atom is 0.0462 e. The summed E-state index contributed by atoms with van der Waals surface area (Å²) in [5.41, 5.74) is 0. The summed E-state index contributed by atoms with van der Waals surface area (Å²) in [6, 6.07) is 0. The molecule has 0 aromatic carbocycles. The van der Waals surface area contributed by atoms with Crippen LogP contribution in [0.2, 0.25) is 0 Å². The third-order valence-corrected chi connectivity index (χ3v) is 4.10. The molecule has 0 bridgehead atoms. The molecule has 0 amide bonds. The van der Waals surface area contributed by atoms with Gasteiger partial charge in [-0.05, 0) is 34.1 Å². The van der Waals surface area contributed by atoms with Gasteiger partial charge >= 0.3 is 0 Å². The summed E-state index contributed by atoms with van der Waals surface area (Å²) >= 11 is 6.15. The van der Waals surface area contributed by atoms with Gasteiger partial charge < -0.3 is 0 Å². The predicted octanol–water partition coefficient (Wildman–Crippen LogP) is 5.84. The highest BCUT2D eigenvalue weighted by Crippen LogP contribution is 2.35. The minimum atomic E-state index is 0.304. The Labute approximate surface area is 117 Å². The van der Waals surface area contributed by atoms with Crippen molar-refractivity contribution in [3.05, 3.63) is 20.5 Å². The van der Waals surface area contributed by atoms with Crippen LogP contribution in [0.15, 0.2) is 20.5 Å². The lowest BCUT2D eigenvalue weighted by Gasteiger charge is -2.16. The molecule has 0 fully saturated rings. The van der Waals surface area contributed by atoms with Gasteiger partial charge in [0.05, 0.1) is 0 Å². The van der Waals surface area contributed by atoms with Gasteiger partial charge in [-0.3, -0.25) is 0 Å². The van der Waals surface area contributed by atoms with Crippen LogP contribution in [-0.4, -0.2) is 9.49 Å². The SMILES string of the molecule is CC(C)(C)S/C=C\C=C(\I)SC(C)(C)C. The second-order valence-corrected chi connectivity index (χ2v) is 10.7. The first-order chi connectivity index (χ1) is 6.60. The van der Waals surface area contributed by atoms with E-state index in [1.807, 2.05) is 23.5 Å². The fourth-order valence-corrected chi connectivity index (χ4v) is 4.17. The summed E-state index contributed by atoms with van der Waals surface area (Å²) in [5.74, 6) is 0. The van der Waals surface area contributed by atoms with E-state index in [9.17, 15) is 0 Å². The molecule has 3 heteroatoms. The minimum absolute atomic E-state index is 0.304. The van der Waals surface area contributed by atoms with Crippen molar-refractivity contribution in [2.24, 2.45) is 0 Å². The van der Waals surface area contributed by atoms with E-state index in [4.69, 9.17) is 0 Å². The Kier molecular flexibility index (Phi) is 7.00. The summed E-state index contributed by atoms with van der Waals surface area (Å²) in [7, 11) is 0. The molecule has 0 atom stereocenters. The standard InChI is InChI=1S/C12H21IS2/c1-11(2,3)14-9-7-8-10(13)15-12(4,5)6/h7-9H,1-6H3/b9-7-,10-8-. The van der Waals surface area contributed by atoms with Gasteiger partial charge in [-0.2, -0.15) is 0 Å². The molecule has 0 heterocycles. The predicted molar refractivity (Wildman–Crippen MR) is 85.9 cm³/mol. The highest BCUT2D eigenvalue weighted by Gasteiger charge is 2.11. The molecule has 0 aromatic rings. The van der Waals surface area contributed by atoms with Gasteiger partial charge in [0.2, 0.25) is 0 Å². The molecule has 0 saturated heterocycles. The van der Waals surface area contributed by atoms with Crippen molar-refractivity contribution >= 4 is 46.1 Å². The lowest BCUT2D eigenvalue weighted by molar-refractivity contribution is 0.807. The number of hydrogen-bond acceptors (Lipinski definition) is 2. The number of hydrogen-bond donors (Lipinski definition) is 0. The number of halogens is 1. The van der Waals surface area contributed by atoms with Crippen LogP contribution in [0.3, 0.4) is 0 Å². The zero-order valence-electron chi connectivity index (χ0n) is 10.4. The van der Waals surface area contributed by atoms with Gasteiger partial charge in [0.15, 0.2) is 0 Å². The van der Waals surface area contributed by atoms with Crippen molar-refractivity contribution in [3.63, 3.8) is 0 Å². The van der Waals surface area contributed by atoms with Crippen molar-refractivity contribution < 1.29 is 0 Å². The van der Waals surface area contributed by atoms with E-state index < -0.39 is 0 Å². The van der Waals surface area contributed by atoms with Crippen LogP contribution in [0.5, 0.6) is 0 Å². The van der Waals surface area contributed by atoms with Crippen molar-refractivity contribution in [3.8, 4) is 0 Å². The second-order valence-electron chi connectivity index (χ2n) is 5.24. The molecule has 0 aliphatic heterocycles. The van der Waals surface area contributed by atoms with E-state index in [2.05, 4.69) is 81.7 Å². The summed E-state index contributed by atoms with van der Waals surface area (Å²) < 4.78 is 1.95. The molecule has 0 aliphatic carbocycles. The summed E-state index contributed by atoms with van der Waals surface area (Å²) in [4.78, 5) is 0. The van der Waals surface area contributed by atoms with Gasteiger partial charge in [-0.25, -0.2) is 0 Å². The second kappa shape index (κ2) is 6.60. The van der Waals surface area contributed by atoms with Crippen LogP contribution < -0.4 is 0 Å². The minimum Gasteiger partial charge on any atom is -0.128 e. The van der Waals surface area contributed by atoms with Gasteiger partial charge in [0.25, 0.3) is 0 Å². The fraction of sp³-hybridized carbons (Fsp3) is 0.667. The van der Waals surface area contributed by atoms with Crippen LogP contribution in [0.25, 0.3) is 0 Å². The van der Waals surface area contributed by atoms with E-state index in [-0.39, 0.29) is 0 Å². The Morgan fingerprint density at radius 1 is 1.00 bits per heavy atom. The van der Waals surface area contributed by atoms with E-state index in [1.54, 1.807) is 0 Å². The van der Waals surface area contributed by atoms with Crippen molar-refractivity contribution in [1.29, 1.82) is 0 Å². The normalized spacial score (nSPS) is 15.0. The maximum atomic E-state index is 2.39. The molecule has 88 valence electrons. The van der Waals surface area contributed by atoms with Crippen LogP contribution in [0.1, 0.15) is 41.5 Å². The Bertz CT molecular complexity index is 241. The fourth-order valence-electron chi connectivity index (χ4n) is 0.685. The lowest BCUT2D eigenvalue weighted by atomic mass is 10.3. The molecule has 0 nitrogen and oxygen atoms in total. The molecule has 0 radical (unpaired) electrons. The smallest absolute Gasteiger partial charge is 0.0462 e. The average Bonchev–Trinajstić information content (AvgIpc) is 1.92. The Balaban J connectivity index is 4.06. The van der Waals surface area contributed by atoms with Crippen LogP contribution in [-0.2, 0) is 0 Å². The first kappa shape index (κ1) is 15.9. The Morgan fingerprint density at radius 2 is 1.53 bits per heavy atom. The highest BCUT2D eigenvalue weighted by molar-refractivity contribution is 14.1.